The molecule has 0 fully saturated rings. The topological polar surface area (TPSA) is 20.3 Å². The van der Waals surface area contributed by atoms with Gasteiger partial charge in [-0.2, -0.15) is 61.5 Å². The Kier molecular flexibility index (Phi) is 7.09. The molecule has 1 heterocycles. The average Bonchev–Trinajstić information content (AvgIpc) is 2.77. The quantitative estimate of drug-likeness (QED) is 0.325. The van der Waals surface area contributed by atoms with Crippen molar-refractivity contribution < 1.29 is 75.0 Å². The molecule has 0 atom stereocenters. The number of alkyl halides is 16. The molecule has 1 aliphatic heterocycles. The summed E-state index contributed by atoms with van der Waals surface area (Å²) in [5.41, 5.74) is -0.582. The lowest BCUT2D eigenvalue weighted by atomic mass is 9.88. The Balaban J connectivity index is 2.59. The van der Waals surface area contributed by atoms with Gasteiger partial charge in [-0.05, 0) is 24.5 Å². The van der Waals surface area contributed by atoms with Crippen LogP contribution in [0.3, 0.4) is 0 Å². The molecule has 0 N–H and O–H groups in total. The highest BCUT2D eigenvalue weighted by Gasteiger charge is 2.94. The SMILES string of the molecule is O=C(N1CCCc2ccccc21)C(F)(F)C(F)(F)C(F)(F)C(F)(F)C(F)(F)C(F)(F)C(F)(F)C(F)F. The van der Waals surface area contributed by atoms with Gasteiger partial charge in [0.05, 0.1) is 0 Å². The van der Waals surface area contributed by atoms with Gasteiger partial charge in [-0.15, -0.1) is 0 Å². The van der Waals surface area contributed by atoms with E-state index in [0.717, 1.165) is 12.1 Å². The van der Waals surface area contributed by atoms with E-state index in [-0.39, 0.29) is 23.3 Å². The van der Waals surface area contributed by atoms with Gasteiger partial charge in [0.2, 0.25) is 0 Å². The zero-order chi connectivity index (χ0) is 28.3. The van der Waals surface area contributed by atoms with Gasteiger partial charge >= 0.3 is 53.8 Å². The molecule has 0 bridgehead atoms. The predicted octanol–water partition coefficient (Wildman–Crippen LogP) is 6.68. The Morgan fingerprint density at radius 3 is 1.64 bits per heavy atom. The van der Waals surface area contributed by atoms with Gasteiger partial charge in [0.25, 0.3) is 0 Å². The van der Waals surface area contributed by atoms with Crippen LogP contribution in [0.15, 0.2) is 24.3 Å². The van der Waals surface area contributed by atoms with E-state index in [4.69, 9.17) is 0 Å². The number of carbonyl (C=O) groups excluding carboxylic acids is 1. The molecule has 0 saturated heterocycles. The van der Waals surface area contributed by atoms with Crippen LogP contribution in [0.4, 0.5) is 75.9 Å². The average molecular weight is 561 g/mol. The zero-order valence-corrected chi connectivity index (χ0v) is 16.9. The van der Waals surface area contributed by atoms with Gasteiger partial charge < -0.3 is 4.90 Å². The van der Waals surface area contributed by atoms with Gasteiger partial charge in [-0.25, -0.2) is 8.78 Å². The van der Waals surface area contributed by atoms with Crippen molar-refractivity contribution in [1.29, 1.82) is 0 Å². The molecule has 2 nitrogen and oxygen atoms in total. The van der Waals surface area contributed by atoms with Crippen molar-refractivity contribution in [2.24, 2.45) is 0 Å². The highest BCUT2D eigenvalue weighted by atomic mass is 19.4. The van der Waals surface area contributed by atoms with Crippen LogP contribution in [0, 0.1) is 0 Å². The maximum atomic E-state index is 14.3. The monoisotopic (exact) mass is 561 g/mol. The number of aryl methyl sites for hydroxylation is 1. The molecule has 0 aliphatic carbocycles. The van der Waals surface area contributed by atoms with Gasteiger partial charge in [0, 0.05) is 12.2 Å². The van der Waals surface area contributed by atoms with Crippen LogP contribution in [0.2, 0.25) is 0 Å². The van der Waals surface area contributed by atoms with E-state index in [0.29, 0.717) is 0 Å². The minimum Gasteiger partial charge on any atom is -0.307 e. The number of para-hydroxylation sites is 1. The van der Waals surface area contributed by atoms with E-state index < -0.39 is 66.0 Å². The Hall–Kier alpha value is -2.43. The van der Waals surface area contributed by atoms with Gasteiger partial charge in [-0.1, -0.05) is 18.2 Å². The van der Waals surface area contributed by atoms with E-state index in [2.05, 4.69) is 0 Å². The van der Waals surface area contributed by atoms with E-state index in [9.17, 15) is 75.0 Å². The van der Waals surface area contributed by atoms with Crippen molar-refractivity contribution in [1.82, 2.24) is 0 Å². The molecule has 2 rings (SSSR count). The minimum absolute atomic E-state index is 0.00807. The van der Waals surface area contributed by atoms with Crippen LogP contribution in [0.1, 0.15) is 12.0 Å². The second-order valence-electron chi connectivity index (χ2n) is 7.56. The molecule has 0 aromatic heterocycles. The van der Waals surface area contributed by atoms with Gasteiger partial charge in [0.15, 0.2) is 0 Å². The summed E-state index contributed by atoms with van der Waals surface area (Å²) in [4.78, 5) is 11.8. The summed E-state index contributed by atoms with van der Waals surface area (Å²) in [6.45, 7) is -0.891. The third-order valence-corrected chi connectivity index (χ3v) is 5.29. The number of carbonyl (C=O) groups is 1. The van der Waals surface area contributed by atoms with E-state index in [1.807, 2.05) is 0 Å². The first-order chi connectivity index (χ1) is 15.9. The molecule has 0 unspecified atom stereocenters. The van der Waals surface area contributed by atoms with E-state index in [1.165, 1.54) is 12.1 Å². The molecule has 1 aromatic carbocycles. The second kappa shape index (κ2) is 8.56. The van der Waals surface area contributed by atoms with Crippen LogP contribution in [0.5, 0.6) is 0 Å². The molecule has 18 heteroatoms. The van der Waals surface area contributed by atoms with Crippen molar-refractivity contribution >= 4 is 11.6 Å². The van der Waals surface area contributed by atoms with E-state index in [1.54, 1.807) is 0 Å². The maximum Gasteiger partial charge on any atom is 0.393 e. The predicted molar refractivity (Wildman–Crippen MR) is 87.7 cm³/mol. The van der Waals surface area contributed by atoms with Crippen LogP contribution in [-0.4, -0.2) is 60.3 Å². The molecule has 206 valence electrons. The largest absolute Gasteiger partial charge is 0.393 e. The Morgan fingerprint density at radius 1 is 0.694 bits per heavy atom. The first-order valence-corrected chi connectivity index (χ1v) is 9.27. The lowest BCUT2D eigenvalue weighted by Gasteiger charge is -2.43. The standard InChI is InChI=1S/C18H11F16NO/c19-10(20)12(21,22)14(25,26)16(29,30)18(33,34)17(31,32)15(27,28)13(23,24)11(36)35-7-3-5-8-4-1-2-6-9(8)35/h1-2,4,6,10H,3,5,7H2. The lowest BCUT2D eigenvalue weighted by molar-refractivity contribution is -0.443. The van der Waals surface area contributed by atoms with Crippen LogP contribution < -0.4 is 4.90 Å². The third-order valence-electron chi connectivity index (χ3n) is 5.29. The summed E-state index contributed by atoms with van der Waals surface area (Å²) in [6.07, 6.45) is -6.13. The summed E-state index contributed by atoms with van der Waals surface area (Å²) in [5.74, 6) is -59.4. The smallest absolute Gasteiger partial charge is 0.307 e. The maximum absolute atomic E-state index is 14.3. The van der Waals surface area contributed by atoms with Crippen LogP contribution in [0.25, 0.3) is 0 Å². The zero-order valence-electron chi connectivity index (χ0n) is 16.9. The summed E-state index contributed by atoms with van der Waals surface area (Å²) in [5, 5.41) is 0. The highest BCUT2D eigenvalue weighted by Crippen LogP contribution is 2.63. The van der Waals surface area contributed by atoms with E-state index >= 15 is 0 Å². The number of fused-ring (bicyclic) bond motifs is 1. The number of hydrogen-bond donors (Lipinski definition) is 0. The molecule has 36 heavy (non-hydrogen) atoms. The van der Waals surface area contributed by atoms with Crippen LogP contribution in [-0.2, 0) is 11.2 Å². The highest BCUT2D eigenvalue weighted by molar-refractivity contribution is 6.00. The van der Waals surface area contributed by atoms with Crippen LogP contribution >= 0.6 is 0 Å². The number of amides is 1. The molecular weight excluding hydrogens is 550 g/mol. The molecular formula is C18H11F16NO. The fourth-order valence-electron chi connectivity index (χ4n) is 3.18. The number of anilines is 1. The van der Waals surface area contributed by atoms with Crippen molar-refractivity contribution in [3.05, 3.63) is 29.8 Å². The summed E-state index contributed by atoms with van der Waals surface area (Å²) >= 11 is 0. The minimum atomic E-state index is -8.53. The number of nitrogens with zero attached hydrogens (tertiary/aromatic N) is 1. The van der Waals surface area contributed by atoms with Crippen molar-refractivity contribution in [2.45, 2.75) is 60.7 Å². The summed E-state index contributed by atoms with van der Waals surface area (Å²) in [6, 6.07) is 4.33. The molecule has 1 aliphatic rings. The first-order valence-electron chi connectivity index (χ1n) is 9.27. The Morgan fingerprint density at radius 2 is 1.14 bits per heavy atom. The number of halogens is 16. The Labute approximate surface area is 189 Å². The Bertz CT molecular complexity index is 989. The normalized spacial score (nSPS) is 16.9. The van der Waals surface area contributed by atoms with Crippen molar-refractivity contribution in [3.8, 4) is 0 Å². The molecule has 1 amide bonds. The molecule has 0 saturated carbocycles. The lowest BCUT2D eigenvalue weighted by Crippen LogP contribution is -2.75. The summed E-state index contributed by atoms with van der Waals surface area (Å²) in [7, 11) is 0. The number of hydrogen-bond acceptors (Lipinski definition) is 1. The van der Waals surface area contributed by atoms with Gasteiger partial charge in [0.1, 0.15) is 0 Å². The third kappa shape index (κ3) is 3.76. The van der Waals surface area contributed by atoms with Gasteiger partial charge in [-0.3, -0.25) is 4.79 Å². The number of rotatable bonds is 8. The fraction of sp³-hybridized carbons (Fsp3) is 0.611. The summed E-state index contributed by atoms with van der Waals surface area (Å²) < 4.78 is 215. The van der Waals surface area contributed by atoms with Crippen molar-refractivity contribution in [2.75, 3.05) is 11.4 Å². The fourth-order valence-corrected chi connectivity index (χ4v) is 3.18. The molecule has 1 aromatic rings. The number of benzene rings is 1. The second-order valence-corrected chi connectivity index (χ2v) is 7.56. The first kappa shape index (κ1) is 29.8. The molecule has 0 radical (unpaired) electrons. The molecule has 0 spiro atoms. The van der Waals surface area contributed by atoms with Crippen molar-refractivity contribution in [3.63, 3.8) is 0 Å².